The minimum absolute atomic E-state index is 0.00995. The van der Waals surface area contributed by atoms with E-state index in [4.69, 9.17) is 32.7 Å². The molecule has 1 aromatic carbocycles. The smallest absolute Gasteiger partial charge is 0.226 e. The summed E-state index contributed by atoms with van der Waals surface area (Å²) in [6, 6.07) is 5.80. The fourth-order valence-electron chi connectivity index (χ4n) is 4.84. The molecule has 0 radical (unpaired) electrons. The standard InChI is InChI=1S/C20H25Cl2NO3/c1-13-12-20(25-8-9-26-20)6-4-18(13)23-7-5-15(19(23)24)10-14-2-3-16(21)11-17(14)22/h2-3,11,13,15,18H,4-10,12H2,1H3/t13-,15?,18+/m1/s1. The maximum atomic E-state index is 13.0. The first-order valence-electron chi connectivity index (χ1n) is 9.50. The van der Waals surface area contributed by atoms with Gasteiger partial charge in [-0.2, -0.15) is 0 Å². The van der Waals surface area contributed by atoms with Crippen LogP contribution in [0.25, 0.3) is 0 Å². The molecule has 4 nitrogen and oxygen atoms in total. The maximum Gasteiger partial charge on any atom is 0.226 e. The van der Waals surface area contributed by atoms with E-state index in [9.17, 15) is 4.79 Å². The van der Waals surface area contributed by atoms with E-state index in [0.717, 1.165) is 37.8 Å². The molecule has 0 aromatic heterocycles. The summed E-state index contributed by atoms with van der Waals surface area (Å²) in [7, 11) is 0. The summed E-state index contributed by atoms with van der Waals surface area (Å²) in [5.41, 5.74) is 1.000. The van der Waals surface area contributed by atoms with E-state index in [1.807, 2.05) is 12.1 Å². The van der Waals surface area contributed by atoms with Crippen molar-refractivity contribution in [1.29, 1.82) is 0 Å². The normalized spacial score (nSPS) is 31.1. The van der Waals surface area contributed by atoms with Gasteiger partial charge >= 0.3 is 0 Å². The lowest BCUT2D eigenvalue weighted by Gasteiger charge is -2.43. The SMILES string of the molecule is C[C@@H]1CC2(CC[C@@H]1N1CCC(Cc3ccc(Cl)cc3Cl)C1=O)OCCO2. The number of rotatable bonds is 3. The minimum atomic E-state index is -0.394. The Bertz CT molecular complexity index is 690. The van der Waals surface area contributed by atoms with Crippen LogP contribution >= 0.6 is 23.2 Å². The molecule has 1 unspecified atom stereocenters. The zero-order valence-electron chi connectivity index (χ0n) is 15.0. The molecule has 142 valence electrons. The number of ether oxygens (including phenoxy) is 2. The fraction of sp³-hybridized carbons (Fsp3) is 0.650. The Balaban J connectivity index is 1.41. The van der Waals surface area contributed by atoms with E-state index in [2.05, 4.69) is 11.8 Å². The van der Waals surface area contributed by atoms with Gasteiger partial charge in [-0.25, -0.2) is 0 Å². The average molecular weight is 398 g/mol. The van der Waals surface area contributed by atoms with Crippen molar-refractivity contribution in [2.24, 2.45) is 11.8 Å². The highest BCUT2D eigenvalue weighted by molar-refractivity contribution is 6.35. The van der Waals surface area contributed by atoms with E-state index >= 15 is 0 Å². The first-order valence-corrected chi connectivity index (χ1v) is 10.3. The van der Waals surface area contributed by atoms with Crippen molar-refractivity contribution in [2.45, 2.75) is 50.9 Å². The third kappa shape index (κ3) is 3.49. The molecule has 6 heteroatoms. The highest BCUT2D eigenvalue weighted by atomic mass is 35.5. The van der Waals surface area contributed by atoms with Crippen LogP contribution < -0.4 is 0 Å². The molecule has 4 rings (SSSR count). The number of amides is 1. The summed E-state index contributed by atoms with van der Waals surface area (Å²) < 4.78 is 11.7. The third-order valence-electron chi connectivity index (χ3n) is 6.16. The number of hydrogen-bond acceptors (Lipinski definition) is 3. The van der Waals surface area contributed by atoms with E-state index < -0.39 is 5.79 Å². The Morgan fingerprint density at radius 3 is 2.69 bits per heavy atom. The van der Waals surface area contributed by atoms with Crippen LogP contribution in [0.4, 0.5) is 0 Å². The molecule has 3 fully saturated rings. The van der Waals surface area contributed by atoms with Gasteiger partial charge in [0, 0.05) is 41.4 Å². The summed E-state index contributed by atoms with van der Waals surface area (Å²) in [5, 5.41) is 1.27. The largest absolute Gasteiger partial charge is 0.348 e. The number of carbonyl (C=O) groups is 1. The highest BCUT2D eigenvalue weighted by Crippen LogP contribution is 2.42. The lowest BCUT2D eigenvalue weighted by atomic mass is 9.81. The van der Waals surface area contributed by atoms with Crippen LogP contribution in [0.3, 0.4) is 0 Å². The summed E-state index contributed by atoms with van der Waals surface area (Å²) in [6.07, 6.45) is 4.26. The van der Waals surface area contributed by atoms with Gasteiger partial charge in [0.05, 0.1) is 13.2 Å². The summed E-state index contributed by atoms with van der Waals surface area (Å²) >= 11 is 12.3. The number of likely N-dealkylation sites (tertiary alicyclic amines) is 1. The van der Waals surface area contributed by atoms with Crippen molar-refractivity contribution in [3.63, 3.8) is 0 Å². The predicted molar refractivity (Wildman–Crippen MR) is 101 cm³/mol. The summed E-state index contributed by atoms with van der Waals surface area (Å²) in [5.74, 6) is 0.256. The van der Waals surface area contributed by atoms with Crippen molar-refractivity contribution in [3.8, 4) is 0 Å². The first kappa shape index (κ1) is 18.5. The Morgan fingerprint density at radius 1 is 1.23 bits per heavy atom. The van der Waals surface area contributed by atoms with Crippen molar-refractivity contribution in [3.05, 3.63) is 33.8 Å². The highest BCUT2D eigenvalue weighted by Gasteiger charge is 2.47. The Kier molecular flexibility index (Phi) is 5.21. The van der Waals surface area contributed by atoms with Gasteiger partial charge in [0.2, 0.25) is 5.91 Å². The van der Waals surface area contributed by atoms with E-state index in [1.165, 1.54) is 0 Å². The molecule has 26 heavy (non-hydrogen) atoms. The molecule has 3 aliphatic rings. The van der Waals surface area contributed by atoms with Crippen LogP contribution in [0.2, 0.25) is 10.0 Å². The third-order valence-corrected chi connectivity index (χ3v) is 6.74. The van der Waals surface area contributed by atoms with Crippen LogP contribution in [0.1, 0.15) is 38.2 Å². The second kappa shape index (κ2) is 7.31. The topological polar surface area (TPSA) is 38.8 Å². The maximum absolute atomic E-state index is 13.0. The molecule has 2 heterocycles. The van der Waals surface area contributed by atoms with E-state index in [-0.39, 0.29) is 17.9 Å². The molecule has 0 bridgehead atoms. The second-order valence-electron chi connectivity index (χ2n) is 7.85. The molecule has 1 aliphatic carbocycles. The lowest BCUT2D eigenvalue weighted by molar-refractivity contribution is -0.195. The van der Waals surface area contributed by atoms with Crippen molar-refractivity contribution < 1.29 is 14.3 Å². The predicted octanol–water partition coefficient (Wildman–Crippen LogP) is 4.32. The molecule has 1 saturated carbocycles. The number of halogens is 2. The van der Waals surface area contributed by atoms with Gasteiger partial charge in [0.1, 0.15) is 0 Å². The van der Waals surface area contributed by atoms with E-state index in [1.54, 1.807) is 6.07 Å². The van der Waals surface area contributed by atoms with Gasteiger partial charge in [-0.1, -0.05) is 36.2 Å². The molecular formula is C20H25Cl2NO3. The van der Waals surface area contributed by atoms with Gasteiger partial charge in [0.15, 0.2) is 5.79 Å². The second-order valence-corrected chi connectivity index (χ2v) is 8.70. The van der Waals surface area contributed by atoms with E-state index in [0.29, 0.717) is 35.6 Å². The van der Waals surface area contributed by atoms with Gasteiger partial charge < -0.3 is 14.4 Å². The van der Waals surface area contributed by atoms with Crippen LogP contribution in [-0.2, 0) is 20.7 Å². The Morgan fingerprint density at radius 2 is 2.00 bits per heavy atom. The molecule has 1 aromatic rings. The van der Waals surface area contributed by atoms with Gasteiger partial charge in [0.25, 0.3) is 0 Å². The van der Waals surface area contributed by atoms with Crippen molar-refractivity contribution in [2.75, 3.05) is 19.8 Å². The van der Waals surface area contributed by atoms with Crippen LogP contribution in [0.5, 0.6) is 0 Å². The van der Waals surface area contributed by atoms with Crippen LogP contribution in [0, 0.1) is 11.8 Å². The molecule has 1 spiro atoms. The zero-order chi connectivity index (χ0) is 18.3. The van der Waals surface area contributed by atoms with Crippen molar-refractivity contribution in [1.82, 2.24) is 4.90 Å². The average Bonchev–Trinajstić information content (AvgIpc) is 3.19. The molecule has 3 atom stereocenters. The Hall–Kier alpha value is -0.810. The number of nitrogens with zero attached hydrogens (tertiary/aromatic N) is 1. The number of carbonyl (C=O) groups excluding carboxylic acids is 1. The minimum Gasteiger partial charge on any atom is -0.348 e. The molecule has 1 amide bonds. The number of hydrogen-bond donors (Lipinski definition) is 0. The number of benzene rings is 1. The summed E-state index contributed by atoms with van der Waals surface area (Å²) in [6.45, 7) is 4.42. The molecular weight excluding hydrogens is 373 g/mol. The van der Waals surface area contributed by atoms with Crippen molar-refractivity contribution >= 4 is 29.1 Å². The monoisotopic (exact) mass is 397 g/mol. The van der Waals surface area contributed by atoms with Gasteiger partial charge in [-0.3, -0.25) is 4.79 Å². The van der Waals surface area contributed by atoms with Crippen LogP contribution in [-0.4, -0.2) is 42.4 Å². The van der Waals surface area contributed by atoms with Crippen LogP contribution in [0.15, 0.2) is 18.2 Å². The quantitative estimate of drug-likeness (QED) is 0.762. The lowest BCUT2D eigenvalue weighted by Crippen LogP contribution is -2.49. The Labute approximate surface area is 164 Å². The fourth-order valence-corrected chi connectivity index (χ4v) is 5.32. The van der Waals surface area contributed by atoms with Gasteiger partial charge in [-0.15, -0.1) is 0 Å². The first-order chi connectivity index (χ1) is 12.5. The zero-order valence-corrected chi connectivity index (χ0v) is 16.6. The molecule has 2 saturated heterocycles. The van der Waals surface area contributed by atoms with Gasteiger partial charge in [-0.05, 0) is 42.9 Å². The summed E-state index contributed by atoms with van der Waals surface area (Å²) in [4.78, 5) is 15.1. The molecule has 0 N–H and O–H groups in total. The molecule has 2 aliphatic heterocycles.